The number of nitrogens with zero attached hydrogens (tertiary/aromatic N) is 2. The highest BCUT2D eigenvalue weighted by atomic mass is 16.6. The van der Waals surface area contributed by atoms with Crippen molar-refractivity contribution in [2.45, 2.75) is 52.6 Å². The Morgan fingerprint density at radius 1 is 1.23 bits per heavy atom. The topological polar surface area (TPSA) is 81.9 Å². The van der Waals surface area contributed by atoms with E-state index in [2.05, 4.69) is 0 Å². The standard InChI is InChI=1S/C19H28N2O5/c1-18(2,3)15-8-7-14(21(23)24)9-16(15)25-12-13-10-20(11-13)17(22)26-19(4,5)6/h7-9,13H,10-12H2,1-6H3. The number of benzene rings is 1. The van der Waals surface area contributed by atoms with Crippen LogP contribution in [0.5, 0.6) is 5.75 Å². The smallest absolute Gasteiger partial charge is 0.410 e. The molecular weight excluding hydrogens is 336 g/mol. The van der Waals surface area contributed by atoms with E-state index in [1.54, 1.807) is 11.0 Å². The highest BCUT2D eigenvalue weighted by molar-refractivity contribution is 5.69. The van der Waals surface area contributed by atoms with Crippen LogP contribution in [0.15, 0.2) is 18.2 Å². The van der Waals surface area contributed by atoms with Crippen molar-refractivity contribution in [3.8, 4) is 5.75 Å². The molecule has 0 aliphatic carbocycles. The first-order chi connectivity index (χ1) is 11.9. The molecule has 1 amide bonds. The van der Waals surface area contributed by atoms with E-state index in [-0.39, 0.29) is 23.1 Å². The Kier molecular flexibility index (Phi) is 5.49. The largest absolute Gasteiger partial charge is 0.493 e. The van der Waals surface area contributed by atoms with Gasteiger partial charge in [-0.2, -0.15) is 0 Å². The zero-order chi connectivity index (χ0) is 19.7. The Bertz CT molecular complexity index is 682. The van der Waals surface area contributed by atoms with Gasteiger partial charge in [-0.1, -0.05) is 20.8 Å². The summed E-state index contributed by atoms with van der Waals surface area (Å²) in [7, 11) is 0. The van der Waals surface area contributed by atoms with Crippen LogP contribution in [0.1, 0.15) is 47.1 Å². The van der Waals surface area contributed by atoms with Crippen molar-refractivity contribution in [2.75, 3.05) is 19.7 Å². The van der Waals surface area contributed by atoms with Crippen LogP contribution in [0, 0.1) is 16.0 Å². The fraction of sp³-hybridized carbons (Fsp3) is 0.632. The summed E-state index contributed by atoms with van der Waals surface area (Å²) >= 11 is 0. The molecule has 1 aromatic rings. The average molecular weight is 364 g/mol. The second-order valence-corrected chi connectivity index (χ2v) is 8.75. The van der Waals surface area contributed by atoms with Crippen LogP contribution in [0.25, 0.3) is 0 Å². The molecule has 1 aliphatic heterocycles. The second-order valence-electron chi connectivity index (χ2n) is 8.75. The van der Waals surface area contributed by atoms with Crippen molar-refractivity contribution in [3.05, 3.63) is 33.9 Å². The summed E-state index contributed by atoms with van der Waals surface area (Å²) in [5, 5.41) is 11.0. The van der Waals surface area contributed by atoms with E-state index in [9.17, 15) is 14.9 Å². The van der Waals surface area contributed by atoms with Gasteiger partial charge in [-0.3, -0.25) is 10.1 Å². The van der Waals surface area contributed by atoms with Crippen molar-refractivity contribution < 1.29 is 19.2 Å². The number of rotatable bonds is 4. The molecule has 7 nitrogen and oxygen atoms in total. The Balaban J connectivity index is 1.97. The molecule has 0 N–H and O–H groups in total. The van der Waals surface area contributed by atoms with Crippen molar-refractivity contribution in [1.29, 1.82) is 0 Å². The molecule has 0 unspecified atom stereocenters. The summed E-state index contributed by atoms with van der Waals surface area (Å²) in [6.45, 7) is 13.1. The lowest BCUT2D eigenvalue weighted by atomic mass is 9.86. The molecule has 26 heavy (non-hydrogen) atoms. The van der Waals surface area contributed by atoms with Crippen LogP contribution < -0.4 is 4.74 Å². The van der Waals surface area contributed by atoms with E-state index in [1.165, 1.54) is 12.1 Å². The summed E-state index contributed by atoms with van der Waals surface area (Å²) in [5.74, 6) is 0.719. The quantitative estimate of drug-likeness (QED) is 0.592. The first-order valence-electron chi connectivity index (χ1n) is 8.76. The Morgan fingerprint density at radius 2 is 1.85 bits per heavy atom. The fourth-order valence-corrected chi connectivity index (χ4v) is 2.72. The molecule has 1 saturated heterocycles. The highest BCUT2D eigenvalue weighted by Gasteiger charge is 2.34. The number of carbonyl (C=O) groups excluding carboxylic acids is 1. The summed E-state index contributed by atoms with van der Waals surface area (Å²) < 4.78 is 11.2. The fourth-order valence-electron chi connectivity index (χ4n) is 2.72. The van der Waals surface area contributed by atoms with Crippen molar-refractivity contribution in [2.24, 2.45) is 5.92 Å². The van der Waals surface area contributed by atoms with E-state index in [0.29, 0.717) is 25.4 Å². The molecule has 1 aliphatic rings. The predicted octanol–water partition coefficient (Wildman–Crippen LogP) is 4.14. The molecule has 0 atom stereocenters. The van der Waals surface area contributed by atoms with Gasteiger partial charge in [-0.15, -0.1) is 0 Å². The van der Waals surface area contributed by atoms with Gasteiger partial charge < -0.3 is 14.4 Å². The van der Waals surface area contributed by atoms with Crippen LogP contribution in [0.3, 0.4) is 0 Å². The lowest BCUT2D eigenvalue weighted by molar-refractivity contribution is -0.385. The molecule has 2 rings (SSSR count). The maximum atomic E-state index is 12.0. The summed E-state index contributed by atoms with van der Waals surface area (Å²) in [5.41, 5.74) is 0.235. The lowest BCUT2D eigenvalue weighted by Crippen LogP contribution is -2.53. The first kappa shape index (κ1) is 20.0. The van der Waals surface area contributed by atoms with Gasteiger partial charge in [-0.25, -0.2) is 4.79 Å². The van der Waals surface area contributed by atoms with Gasteiger partial charge in [0.1, 0.15) is 11.4 Å². The van der Waals surface area contributed by atoms with E-state index in [1.807, 2.05) is 41.5 Å². The van der Waals surface area contributed by atoms with Gasteiger partial charge in [0.2, 0.25) is 0 Å². The zero-order valence-corrected chi connectivity index (χ0v) is 16.4. The van der Waals surface area contributed by atoms with Gasteiger partial charge in [0, 0.05) is 25.1 Å². The van der Waals surface area contributed by atoms with Crippen LogP contribution in [0.2, 0.25) is 0 Å². The van der Waals surface area contributed by atoms with Crippen LogP contribution in [-0.4, -0.2) is 41.2 Å². The van der Waals surface area contributed by atoms with Crippen molar-refractivity contribution in [3.63, 3.8) is 0 Å². The maximum absolute atomic E-state index is 12.0. The Labute approximate surface area is 154 Å². The Hall–Kier alpha value is -2.31. The number of non-ortho nitro benzene ring substituents is 1. The van der Waals surface area contributed by atoms with Crippen molar-refractivity contribution >= 4 is 11.8 Å². The third kappa shape index (κ3) is 5.09. The number of hydrogen-bond acceptors (Lipinski definition) is 5. The summed E-state index contributed by atoms with van der Waals surface area (Å²) in [4.78, 5) is 24.2. The lowest BCUT2D eigenvalue weighted by Gasteiger charge is -2.39. The molecule has 7 heteroatoms. The van der Waals surface area contributed by atoms with Gasteiger partial charge >= 0.3 is 6.09 Å². The number of carbonyl (C=O) groups is 1. The molecule has 144 valence electrons. The molecule has 1 fully saturated rings. The minimum absolute atomic E-state index is 0.0111. The minimum Gasteiger partial charge on any atom is -0.493 e. The molecule has 1 heterocycles. The number of hydrogen-bond donors (Lipinski definition) is 0. The average Bonchev–Trinajstić information content (AvgIpc) is 2.42. The number of nitro benzene ring substituents is 1. The molecule has 0 aromatic heterocycles. The summed E-state index contributed by atoms with van der Waals surface area (Å²) in [6, 6.07) is 4.73. The van der Waals surface area contributed by atoms with Crippen molar-refractivity contribution in [1.82, 2.24) is 4.90 Å². The second kappa shape index (κ2) is 7.13. The van der Waals surface area contributed by atoms with Crippen LogP contribution in [0.4, 0.5) is 10.5 Å². The maximum Gasteiger partial charge on any atom is 0.410 e. The van der Waals surface area contributed by atoms with E-state index in [0.717, 1.165) is 5.56 Å². The molecule has 0 bridgehead atoms. The molecule has 0 saturated carbocycles. The number of nitro groups is 1. The SMILES string of the molecule is CC(C)(C)OC(=O)N1CC(COc2cc([N+](=O)[O-])ccc2C(C)(C)C)C1. The number of amides is 1. The molecule has 0 radical (unpaired) electrons. The normalized spacial score (nSPS) is 15.4. The van der Waals surface area contributed by atoms with E-state index < -0.39 is 10.5 Å². The zero-order valence-electron chi connectivity index (χ0n) is 16.4. The monoisotopic (exact) mass is 364 g/mol. The third-order valence-corrected chi connectivity index (χ3v) is 4.07. The van der Waals surface area contributed by atoms with Gasteiger partial charge in [-0.05, 0) is 37.8 Å². The molecular formula is C19H28N2O5. The van der Waals surface area contributed by atoms with Gasteiger partial charge in [0.05, 0.1) is 17.6 Å². The molecule has 1 aromatic carbocycles. The van der Waals surface area contributed by atoms with Gasteiger partial charge in [0.15, 0.2) is 0 Å². The first-order valence-corrected chi connectivity index (χ1v) is 8.76. The predicted molar refractivity (Wildman–Crippen MR) is 98.6 cm³/mol. The Morgan fingerprint density at radius 3 is 2.35 bits per heavy atom. The van der Waals surface area contributed by atoms with Crippen LogP contribution >= 0.6 is 0 Å². The minimum atomic E-state index is -0.511. The van der Waals surface area contributed by atoms with Gasteiger partial charge in [0.25, 0.3) is 5.69 Å². The number of ether oxygens (including phenoxy) is 2. The highest BCUT2D eigenvalue weighted by Crippen LogP contribution is 2.34. The molecule has 0 spiro atoms. The summed E-state index contributed by atoms with van der Waals surface area (Å²) in [6.07, 6.45) is -0.320. The third-order valence-electron chi connectivity index (χ3n) is 4.07. The van der Waals surface area contributed by atoms with E-state index in [4.69, 9.17) is 9.47 Å². The van der Waals surface area contributed by atoms with Crippen LogP contribution in [-0.2, 0) is 10.2 Å². The number of likely N-dealkylation sites (tertiary alicyclic amines) is 1. The van der Waals surface area contributed by atoms with E-state index >= 15 is 0 Å².